The number of hydrogen-bond acceptors (Lipinski definition) is 4. The van der Waals surface area contributed by atoms with Crippen molar-refractivity contribution in [2.75, 3.05) is 0 Å². The first-order valence-electron chi connectivity index (χ1n) is 6.72. The SMILES string of the molecule is Cc1cc(CN2C(=O)NC(C)(c3cccc(Br)c3)C2=O)on1. The first-order valence-corrected chi connectivity index (χ1v) is 7.52. The first kappa shape index (κ1) is 14.8. The molecule has 1 N–H and O–H groups in total. The van der Waals surface area contributed by atoms with Crippen LogP contribution in [0, 0.1) is 6.92 Å². The molecule has 0 spiro atoms. The number of urea groups is 1. The molecule has 1 aromatic carbocycles. The maximum atomic E-state index is 12.7. The van der Waals surface area contributed by atoms with Crippen LogP contribution in [-0.4, -0.2) is 22.0 Å². The van der Waals surface area contributed by atoms with Crippen molar-refractivity contribution in [2.24, 2.45) is 0 Å². The van der Waals surface area contributed by atoms with Crippen molar-refractivity contribution in [1.82, 2.24) is 15.4 Å². The summed E-state index contributed by atoms with van der Waals surface area (Å²) in [7, 11) is 0. The molecule has 114 valence electrons. The van der Waals surface area contributed by atoms with Crippen LogP contribution >= 0.6 is 15.9 Å². The van der Waals surface area contributed by atoms with E-state index in [1.807, 2.05) is 24.3 Å². The zero-order chi connectivity index (χ0) is 15.9. The number of imide groups is 1. The van der Waals surface area contributed by atoms with Gasteiger partial charge in [-0.2, -0.15) is 0 Å². The maximum Gasteiger partial charge on any atom is 0.325 e. The van der Waals surface area contributed by atoms with E-state index < -0.39 is 11.6 Å². The Kier molecular flexibility index (Phi) is 3.52. The lowest BCUT2D eigenvalue weighted by molar-refractivity contribution is -0.131. The van der Waals surface area contributed by atoms with Gasteiger partial charge >= 0.3 is 6.03 Å². The number of aryl methyl sites for hydroxylation is 1. The number of amides is 3. The molecule has 3 rings (SSSR count). The van der Waals surface area contributed by atoms with E-state index >= 15 is 0 Å². The summed E-state index contributed by atoms with van der Waals surface area (Å²) in [6.45, 7) is 3.54. The van der Waals surface area contributed by atoms with Crippen LogP contribution in [0.1, 0.15) is 23.9 Å². The molecule has 0 aliphatic carbocycles. The van der Waals surface area contributed by atoms with Crippen LogP contribution in [0.4, 0.5) is 4.79 Å². The van der Waals surface area contributed by atoms with Crippen LogP contribution in [0.25, 0.3) is 0 Å². The van der Waals surface area contributed by atoms with E-state index in [9.17, 15) is 9.59 Å². The zero-order valence-electron chi connectivity index (χ0n) is 12.1. The number of rotatable bonds is 3. The number of hydrogen-bond donors (Lipinski definition) is 1. The lowest BCUT2D eigenvalue weighted by Crippen LogP contribution is -2.40. The molecule has 1 aliphatic heterocycles. The number of nitrogens with one attached hydrogen (secondary N) is 1. The molecule has 22 heavy (non-hydrogen) atoms. The molecule has 0 bridgehead atoms. The Morgan fingerprint density at radius 2 is 2.14 bits per heavy atom. The topological polar surface area (TPSA) is 75.4 Å². The molecule has 0 saturated carbocycles. The Labute approximate surface area is 135 Å². The number of aromatic nitrogens is 1. The van der Waals surface area contributed by atoms with Crippen molar-refractivity contribution in [3.8, 4) is 0 Å². The monoisotopic (exact) mass is 363 g/mol. The number of nitrogens with zero attached hydrogens (tertiary/aromatic N) is 2. The highest BCUT2D eigenvalue weighted by Crippen LogP contribution is 2.31. The standard InChI is InChI=1S/C15H14BrN3O3/c1-9-6-12(22-18-9)8-19-13(20)15(2,17-14(19)21)10-4-3-5-11(16)7-10/h3-7H,8H2,1-2H3,(H,17,21). The van der Waals surface area contributed by atoms with Crippen LogP contribution in [0.15, 0.2) is 39.3 Å². The van der Waals surface area contributed by atoms with Gasteiger partial charge in [0, 0.05) is 10.5 Å². The summed E-state index contributed by atoms with van der Waals surface area (Å²) in [5, 5.41) is 6.52. The number of halogens is 1. The van der Waals surface area contributed by atoms with E-state index in [0.29, 0.717) is 11.5 Å². The molecular formula is C15H14BrN3O3. The fourth-order valence-corrected chi connectivity index (χ4v) is 2.88. The molecule has 2 heterocycles. The number of benzene rings is 1. The molecule has 3 amide bonds. The second-order valence-electron chi connectivity index (χ2n) is 5.39. The fourth-order valence-electron chi connectivity index (χ4n) is 2.48. The van der Waals surface area contributed by atoms with Gasteiger partial charge in [0.1, 0.15) is 5.54 Å². The van der Waals surface area contributed by atoms with E-state index in [1.54, 1.807) is 19.9 Å². The highest BCUT2D eigenvalue weighted by atomic mass is 79.9. The third-order valence-electron chi connectivity index (χ3n) is 3.67. The highest BCUT2D eigenvalue weighted by molar-refractivity contribution is 9.10. The minimum absolute atomic E-state index is 0.0646. The van der Waals surface area contributed by atoms with Crippen LogP contribution in [0.3, 0.4) is 0 Å². The average molecular weight is 364 g/mol. The Morgan fingerprint density at radius 1 is 1.36 bits per heavy atom. The van der Waals surface area contributed by atoms with Gasteiger partial charge in [0.2, 0.25) is 0 Å². The first-order chi connectivity index (χ1) is 10.4. The summed E-state index contributed by atoms with van der Waals surface area (Å²) in [6.07, 6.45) is 0. The van der Waals surface area contributed by atoms with Crippen molar-refractivity contribution >= 4 is 27.9 Å². The third-order valence-corrected chi connectivity index (χ3v) is 4.16. The van der Waals surface area contributed by atoms with Crippen molar-refractivity contribution < 1.29 is 14.1 Å². The quantitative estimate of drug-likeness (QED) is 0.850. The Hall–Kier alpha value is -2.15. The van der Waals surface area contributed by atoms with Crippen LogP contribution in [0.2, 0.25) is 0 Å². The molecule has 1 unspecified atom stereocenters. The molecule has 6 nitrogen and oxygen atoms in total. The summed E-state index contributed by atoms with van der Waals surface area (Å²) in [6, 6.07) is 8.58. The summed E-state index contributed by atoms with van der Waals surface area (Å²) in [5.74, 6) is 0.157. The minimum Gasteiger partial charge on any atom is -0.359 e. The van der Waals surface area contributed by atoms with Crippen LogP contribution in [-0.2, 0) is 16.9 Å². The molecule has 1 fully saturated rings. The predicted molar refractivity (Wildman–Crippen MR) is 81.8 cm³/mol. The molecular weight excluding hydrogens is 350 g/mol. The van der Waals surface area contributed by atoms with Gasteiger partial charge in [0.25, 0.3) is 5.91 Å². The molecule has 7 heteroatoms. The van der Waals surface area contributed by atoms with Crippen molar-refractivity contribution in [3.63, 3.8) is 0 Å². The van der Waals surface area contributed by atoms with Gasteiger partial charge < -0.3 is 9.84 Å². The minimum atomic E-state index is -1.09. The average Bonchev–Trinajstić information content (AvgIpc) is 2.97. The third kappa shape index (κ3) is 2.41. The second kappa shape index (κ2) is 5.24. The van der Waals surface area contributed by atoms with E-state index in [1.165, 1.54) is 0 Å². The molecule has 1 saturated heterocycles. The number of carbonyl (C=O) groups is 2. The van der Waals surface area contributed by atoms with E-state index in [4.69, 9.17) is 4.52 Å². The summed E-state index contributed by atoms with van der Waals surface area (Å²) >= 11 is 3.38. The Morgan fingerprint density at radius 3 is 2.77 bits per heavy atom. The van der Waals surface area contributed by atoms with Gasteiger partial charge in [-0.25, -0.2) is 4.79 Å². The normalized spacial score (nSPS) is 21.3. The molecule has 1 atom stereocenters. The predicted octanol–water partition coefficient (Wildman–Crippen LogP) is 2.71. The molecule has 2 aromatic rings. The summed E-state index contributed by atoms with van der Waals surface area (Å²) < 4.78 is 5.93. The van der Waals surface area contributed by atoms with E-state index in [0.717, 1.165) is 14.9 Å². The molecule has 1 aromatic heterocycles. The van der Waals surface area contributed by atoms with Gasteiger partial charge in [0.05, 0.1) is 12.2 Å². The van der Waals surface area contributed by atoms with Crippen LogP contribution in [0.5, 0.6) is 0 Å². The Balaban J connectivity index is 1.90. The smallest absolute Gasteiger partial charge is 0.325 e. The second-order valence-corrected chi connectivity index (χ2v) is 6.31. The van der Waals surface area contributed by atoms with Gasteiger partial charge in [0.15, 0.2) is 5.76 Å². The zero-order valence-corrected chi connectivity index (χ0v) is 13.7. The van der Waals surface area contributed by atoms with Crippen molar-refractivity contribution in [3.05, 3.63) is 51.8 Å². The fraction of sp³-hybridized carbons (Fsp3) is 0.267. The van der Waals surface area contributed by atoms with Gasteiger partial charge in [-0.3, -0.25) is 9.69 Å². The van der Waals surface area contributed by atoms with E-state index in [-0.39, 0.29) is 12.5 Å². The van der Waals surface area contributed by atoms with Crippen molar-refractivity contribution in [1.29, 1.82) is 0 Å². The highest BCUT2D eigenvalue weighted by Gasteiger charge is 2.49. The van der Waals surface area contributed by atoms with Gasteiger partial charge in [-0.05, 0) is 31.5 Å². The lowest BCUT2D eigenvalue weighted by Gasteiger charge is -2.22. The van der Waals surface area contributed by atoms with Crippen molar-refractivity contribution in [2.45, 2.75) is 25.9 Å². The summed E-state index contributed by atoms with van der Waals surface area (Å²) in [5.41, 5.74) is 0.337. The number of carbonyl (C=O) groups excluding carboxylic acids is 2. The summed E-state index contributed by atoms with van der Waals surface area (Å²) in [4.78, 5) is 26.1. The molecule has 1 aliphatic rings. The van der Waals surface area contributed by atoms with Gasteiger partial charge in [-0.1, -0.05) is 33.2 Å². The molecule has 0 radical (unpaired) electrons. The lowest BCUT2D eigenvalue weighted by atomic mass is 9.92. The van der Waals surface area contributed by atoms with E-state index in [2.05, 4.69) is 26.4 Å². The largest absolute Gasteiger partial charge is 0.359 e. The maximum absolute atomic E-state index is 12.7. The Bertz CT molecular complexity index is 758. The van der Waals surface area contributed by atoms with Crippen LogP contribution < -0.4 is 5.32 Å². The van der Waals surface area contributed by atoms with Gasteiger partial charge in [-0.15, -0.1) is 0 Å².